The summed E-state index contributed by atoms with van der Waals surface area (Å²) in [4.78, 5) is 10.4. The maximum atomic E-state index is 13.4. The van der Waals surface area contributed by atoms with Crippen LogP contribution in [0.25, 0.3) is 0 Å². The SMILES string of the molecule is CN(C)Cc1ccc(C2CCCCN2S(=O)(=O)c2ccc(F)cc2Cl)cc1.O=CO. The third-order valence-electron chi connectivity index (χ3n) is 4.80. The lowest BCUT2D eigenvalue weighted by molar-refractivity contribution is -0.122. The van der Waals surface area contributed by atoms with Crippen LogP contribution < -0.4 is 0 Å². The van der Waals surface area contributed by atoms with Gasteiger partial charge in [-0.25, -0.2) is 12.8 Å². The molecule has 1 aliphatic rings. The molecule has 1 atom stereocenters. The van der Waals surface area contributed by atoms with Crippen molar-refractivity contribution in [2.75, 3.05) is 20.6 Å². The normalized spacial score (nSPS) is 17.3. The van der Waals surface area contributed by atoms with Crippen molar-refractivity contribution in [2.24, 2.45) is 0 Å². The molecule has 0 spiro atoms. The van der Waals surface area contributed by atoms with Gasteiger partial charge in [-0.05, 0) is 56.3 Å². The van der Waals surface area contributed by atoms with Crippen molar-refractivity contribution < 1.29 is 22.7 Å². The number of halogens is 2. The monoisotopic (exact) mass is 456 g/mol. The summed E-state index contributed by atoms with van der Waals surface area (Å²) in [6.07, 6.45) is 2.52. The molecule has 1 aliphatic heterocycles. The van der Waals surface area contributed by atoms with Gasteiger partial charge in [-0.1, -0.05) is 42.3 Å². The Labute approximate surface area is 181 Å². The van der Waals surface area contributed by atoms with Crippen molar-refractivity contribution in [3.63, 3.8) is 0 Å². The van der Waals surface area contributed by atoms with Gasteiger partial charge in [0.05, 0.1) is 11.1 Å². The molecule has 9 heteroatoms. The highest BCUT2D eigenvalue weighted by atomic mass is 35.5. The number of rotatable bonds is 5. The second kappa shape index (κ2) is 10.9. The van der Waals surface area contributed by atoms with Crippen LogP contribution >= 0.6 is 11.6 Å². The highest BCUT2D eigenvalue weighted by Crippen LogP contribution is 2.37. The summed E-state index contributed by atoms with van der Waals surface area (Å²) in [7, 11) is 0.210. The Morgan fingerprint density at radius 1 is 1.20 bits per heavy atom. The van der Waals surface area contributed by atoms with Crippen LogP contribution in [0.2, 0.25) is 5.02 Å². The number of hydrogen-bond donors (Lipinski definition) is 1. The molecular weight excluding hydrogens is 431 g/mol. The lowest BCUT2D eigenvalue weighted by Crippen LogP contribution is -2.38. The molecule has 1 fully saturated rings. The number of benzene rings is 2. The summed E-state index contributed by atoms with van der Waals surface area (Å²) in [5.41, 5.74) is 2.15. The molecular formula is C21H26ClFN2O4S. The van der Waals surface area contributed by atoms with Gasteiger partial charge >= 0.3 is 0 Å². The fraction of sp³-hybridized carbons (Fsp3) is 0.381. The van der Waals surface area contributed by atoms with E-state index < -0.39 is 15.8 Å². The van der Waals surface area contributed by atoms with Gasteiger partial charge in [-0.15, -0.1) is 0 Å². The average molecular weight is 457 g/mol. The second-order valence-electron chi connectivity index (χ2n) is 7.29. The van der Waals surface area contributed by atoms with Gasteiger partial charge in [-0.2, -0.15) is 4.31 Å². The molecule has 0 amide bonds. The van der Waals surface area contributed by atoms with E-state index >= 15 is 0 Å². The summed E-state index contributed by atoms with van der Waals surface area (Å²) in [6, 6.07) is 11.3. The summed E-state index contributed by atoms with van der Waals surface area (Å²) in [5.74, 6) is -0.550. The minimum atomic E-state index is -3.81. The largest absolute Gasteiger partial charge is 0.483 e. The Morgan fingerprint density at radius 2 is 1.83 bits per heavy atom. The van der Waals surface area contributed by atoms with Crippen molar-refractivity contribution in [2.45, 2.75) is 36.7 Å². The smallest absolute Gasteiger partial charge is 0.290 e. The van der Waals surface area contributed by atoms with Gasteiger partial charge in [0, 0.05) is 13.1 Å². The predicted octanol–water partition coefficient (Wildman–Crippen LogP) is 4.16. The standard InChI is InChI=1S/C20H24ClFN2O2S.CH2O2/c1-23(2)14-15-6-8-16(9-7-15)19-5-3-4-12-24(19)27(25,26)20-11-10-17(22)13-18(20)21;2-1-3/h6-11,13,19H,3-5,12,14H2,1-2H3;1H,(H,2,3). The van der Waals surface area contributed by atoms with Gasteiger partial charge in [0.1, 0.15) is 10.7 Å². The van der Waals surface area contributed by atoms with Crippen molar-refractivity contribution >= 4 is 28.1 Å². The second-order valence-corrected chi connectivity index (χ2v) is 9.55. The van der Waals surface area contributed by atoms with Crippen molar-refractivity contribution in [3.8, 4) is 0 Å². The van der Waals surface area contributed by atoms with Crippen LogP contribution in [0, 0.1) is 5.82 Å². The fourth-order valence-corrected chi connectivity index (χ4v) is 5.74. The number of nitrogens with zero attached hydrogens (tertiary/aromatic N) is 2. The fourth-order valence-electron chi connectivity index (χ4n) is 3.55. The quantitative estimate of drug-likeness (QED) is 0.683. The lowest BCUT2D eigenvalue weighted by atomic mass is 9.96. The first-order chi connectivity index (χ1) is 14.2. The van der Waals surface area contributed by atoms with E-state index in [1.165, 1.54) is 15.9 Å². The maximum absolute atomic E-state index is 13.4. The molecule has 0 aliphatic carbocycles. The van der Waals surface area contributed by atoms with Crippen LogP contribution in [0.4, 0.5) is 4.39 Å². The molecule has 30 heavy (non-hydrogen) atoms. The number of hydrogen-bond acceptors (Lipinski definition) is 4. The molecule has 0 saturated carbocycles. The highest BCUT2D eigenvalue weighted by Gasteiger charge is 2.35. The van der Waals surface area contributed by atoms with Crippen molar-refractivity contribution in [1.82, 2.24) is 9.21 Å². The van der Waals surface area contributed by atoms with E-state index in [1.54, 1.807) is 0 Å². The molecule has 1 N–H and O–H groups in total. The Hall–Kier alpha value is -2.00. The summed E-state index contributed by atoms with van der Waals surface area (Å²) < 4.78 is 41.3. The first kappa shape index (κ1) is 24.3. The molecule has 1 unspecified atom stereocenters. The molecule has 6 nitrogen and oxygen atoms in total. The topological polar surface area (TPSA) is 77.9 Å². The van der Waals surface area contributed by atoms with E-state index in [0.29, 0.717) is 6.54 Å². The van der Waals surface area contributed by atoms with Crippen LogP contribution in [0.3, 0.4) is 0 Å². The Balaban J connectivity index is 0.00000101. The number of carboxylic acid groups (broad SMARTS) is 1. The van der Waals surface area contributed by atoms with Crippen LogP contribution in [-0.2, 0) is 21.4 Å². The molecule has 0 radical (unpaired) electrons. The molecule has 1 saturated heterocycles. The minimum Gasteiger partial charge on any atom is -0.483 e. The van der Waals surface area contributed by atoms with Crippen molar-refractivity contribution in [1.29, 1.82) is 0 Å². The number of carbonyl (C=O) groups is 1. The Bertz CT molecular complexity index is 952. The molecule has 2 aromatic rings. The average Bonchev–Trinajstić information content (AvgIpc) is 2.68. The van der Waals surface area contributed by atoms with E-state index in [4.69, 9.17) is 21.5 Å². The van der Waals surface area contributed by atoms with E-state index in [9.17, 15) is 12.8 Å². The maximum Gasteiger partial charge on any atom is 0.290 e. The number of sulfonamides is 1. The minimum absolute atomic E-state index is 0.0401. The number of piperidine rings is 1. The zero-order valence-electron chi connectivity index (χ0n) is 17.0. The molecule has 3 rings (SSSR count). The Kier molecular flexibility index (Phi) is 8.78. The summed E-state index contributed by atoms with van der Waals surface area (Å²) in [6.45, 7) is 1.01. The van der Waals surface area contributed by atoms with Crippen LogP contribution in [-0.4, -0.2) is 49.8 Å². The molecule has 1 heterocycles. The first-order valence-corrected chi connectivity index (χ1v) is 11.3. The van der Waals surface area contributed by atoms with Gasteiger partial charge in [0.15, 0.2) is 0 Å². The van der Waals surface area contributed by atoms with E-state index in [0.717, 1.165) is 43.5 Å². The van der Waals surface area contributed by atoms with E-state index in [2.05, 4.69) is 4.90 Å². The third kappa shape index (κ3) is 6.01. The van der Waals surface area contributed by atoms with Gasteiger partial charge < -0.3 is 10.0 Å². The van der Waals surface area contributed by atoms with Crippen LogP contribution in [0.15, 0.2) is 47.4 Å². The molecule has 164 valence electrons. The van der Waals surface area contributed by atoms with E-state index in [1.807, 2.05) is 38.4 Å². The van der Waals surface area contributed by atoms with E-state index in [-0.39, 0.29) is 22.4 Å². The van der Waals surface area contributed by atoms with Crippen molar-refractivity contribution in [3.05, 3.63) is 64.4 Å². The van der Waals surface area contributed by atoms with Gasteiger partial charge in [0.25, 0.3) is 6.47 Å². The zero-order valence-corrected chi connectivity index (χ0v) is 18.5. The van der Waals surface area contributed by atoms with Gasteiger partial charge in [0.2, 0.25) is 10.0 Å². The van der Waals surface area contributed by atoms with Crippen LogP contribution in [0.1, 0.15) is 36.4 Å². The zero-order chi connectivity index (χ0) is 22.3. The molecule has 0 bridgehead atoms. The molecule has 0 aromatic heterocycles. The molecule has 2 aromatic carbocycles. The first-order valence-electron chi connectivity index (χ1n) is 9.49. The summed E-state index contributed by atoms with van der Waals surface area (Å²) >= 11 is 6.05. The Morgan fingerprint density at radius 3 is 2.40 bits per heavy atom. The highest BCUT2D eigenvalue weighted by molar-refractivity contribution is 7.89. The summed E-state index contributed by atoms with van der Waals surface area (Å²) in [5, 5.41) is 6.81. The predicted molar refractivity (Wildman–Crippen MR) is 114 cm³/mol. The van der Waals surface area contributed by atoms with Gasteiger partial charge in [-0.3, -0.25) is 4.79 Å². The third-order valence-corrected chi connectivity index (χ3v) is 7.19. The lowest BCUT2D eigenvalue weighted by Gasteiger charge is -2.35. The van der Waals surface area contributed by atoms with Crippen LogP contribution in [0.5, 0.6) is 0 Å².